The molecule has 0 saturated carbocycles. The van der Waals surface area contributed by atoms with Crippen molar-refractivity contribution < 1.29 is 0 Å². The van der Waals surface area contributed by atoms with Gasteiger partial charge in [-0.05, 0) is 43.0 Å². The molecule has 0 aliphatic carbocycles. The van der Waals surface area contributed by atoms with Gasteiger partial charge < -0.3 is 10.2 Å². The van der Waals surface area contributed by atoms with Crippen LogP contribution in [0.4, 0.5) is 5.69 Å². The molecule has 2 nitrogen and oxygen atoms in total. The molecule has 1 aromatic rings. The summed E-state index contributed by atoms with van der Waals surface area (Å²) in [6.07, 6.45) is 3.78. The van der Waals surface area contributed by atoms with E-state index >= 15 is 0 Å². The van der Waals surface area contributed by atoms with Gasteiger partial charge in [-0.3, -0.25) is 0 Å². The Morgan fingerprint density at radius 2 is 2.00 bits per heavy atom. The average molecular weight is 260 g/mol. The molecule has 0 spiro atoms. The number of rotatable bonds is 4. The molecular formula is C17H28N2. The minimum atomic E-state index is 0.618. The maximum atomic E-state index is 3.67. The molecule has 0 amide bonds. The molecule has 1 aromatic carbocycles. The van der Waals surface area contributed by atoms with Gasteiger partial charge in [0, 0.05) is 24.8 Å². The second-order valence-corrected chi connectivity index (χ2v) is 5.99. The van der Waals surface area contributed by atoms with Crippen molar-refractivity contribution >= 4 is 5.69 Å². The fourth-order valence-corrected chi connectivity index (χ4v) is 2.84. The molecule has 106 valence electrons. The van der Waals surface area contributed by atoms with Gasteiger partial charge in [-0.25, -0.2) is 0 Å². The summed E-state index contributed by atoms with van der Waals surface area (Å²) in [6.45, 7) is 10.3. The molecule has 1 fully saturated rings. The topological polar surface area (TPSA) is 15.3 Å². The van der Waals surface area contributed by atoms with Gasteiger partial charge >= 0.3 is 0 Å². The van der Waals surface area contributed by atoms with E-state index in [1.54, 1.807) is 0 Å². The molecule has 1 aliphatic heterocycles. The summed E-state index contributed by atoms with van der Waals surface area (Å²) in [6, 6.07) is 9.81. The van der Waals surface area contributed by atoms with Gasteiger partial charge in [0.15, 0.2) is 0 Å². The first-order valence-electron chi connectivity index (χ1n) is 7.79. The van der Waals surface area contributed by atoms with Crippen LogP contribution in [0.15, 0.2) is 24.3 Å². The molecular weight excluding hydrogens is 232 g/mol. The van der Waals surface area contributed by atoms with Crippen molar-refractivity contribution in [1.29, 1.82) is 0 Å². The van der Waals surface area contributed by atoms with Gasteiger partial charge in [-0.1, -0.05) is 39.3 Å². The van der Waals surface area contributed by atoms with E-state index in [-0.39, 0.29) is 0 Å². The maximum absolute atomic E-state index is 3.67. The summed E-state index contributed by atoms with van der Waals surface area (Å²) in [5, 5.41) is 3.67. The lowest BCUT2D eigenvalue weighted by Gasteiger charge is -2.26. The van der Waals surface area contributed by atoms with Crippen molar-refractivity contribution in [2.24, 2.45) is 0 Å². The summed E-state index contributed by atoms with van der Waals surface area (Å²) in [7, 11) is 0. The lowest BCUT2D eigenvalue weighted by Crippen LogP contribution is -2.37. The van der Waals surface area contributed by atoms with Crippen LogP contribution in [0.5, 0.6) is 0 Å². The fraction of sp³-hybridized carbons (Fsp3) is 0.647. The third-order valence-corrected chi connectivity index (χ3v) is 4.04. The normalized spacial score (nSPS) is 20.6. The van der Waals surface area contributed by atoms with Crippen molar-refractivity contribution in [3.8, 4) is 0 Å². The summed E-state index contributed by atoms with van der Waals surface area (Å²) in [5.74, 6) is 0.618. The zero-order chi connectivity index (χ0) is 13.7. The van der Waals surface area contributed by atoms with Crippen molar-refractivity contribution in [3.63, 3.8) is 0 Å². The van der Waals surface area contributed by atoms with Crippen LogP contribution in [-0.2, 0) is 0 Å². The van der Waals surface area contributed by atoms with Gasteiger partial charge in [0.2, 0.25) is 0 Å². The van der Waals surface area contributed by atoms with E-state index in [0.29, 0.717) is 12.0 Å². The van der Waals surface area contributed by atoms with Crippen molar-refractivity contribution in [1.82, 2.24) is 5.32 Å². The summed E-state index contributed by atoms with van der Waals surface area (Å²) in [5.41, 5.74) is 2.82. The second kappa shape index (κ2) is 6.95. The van der Waals surface area contributed by atoms with Crippen LogP contribution in [0.2, 0.25) is 0 Å². The van der Waals surface area contributed by atoms with Gasteiger partial charge in [-0.15, -0.1) is 0 Å². The Hall–Kier alpha value is -1.02. The molecule has 0 aromatic heterocycles. The van der Waals surface area contributed by atoms with Crippen molar-refractivity contribution in [3.05, 3.63) is 29.8 Å². The molecule has 2 rings (SSSR count). The maximum Gasteiger partial charge on any atom is 0.0366 e. The monoisotopic (exact) mass is 260 g/mol. The molecule has 1 heterocycles. The van der Waals surface area contributed by atoms with Crippen LogP contribution in [-0.4, -0.2) is 25.7 Å². The largest absolute Gasteiger partial charge is 0.370 e. The number of anilines is 1. The van der Waals surface area contributed by atoms with Crippen molar-refractivity contribution in [2.45, 2.75) is 52.0 Å². The first-order chi connectivity index (χ1) is 9.20. The first-order valence-corrected chi connectivity index (χ1v) is 7.79. The highest BCUT2D eigenvalue weighted by molar-refractivity contribution is 5.48. The molecule has 2 heteroatoms. The predicted molar refractivity (Wildman–Crippen MR) is 84.1 cm³/mol. The third-order valence-electron chi connectivity index (χ3n) is 4.04. The Morgan fingerprint density at radius 1 is 1.26 bits per heavy atom. The van der Waals surface area contributed by atoms with E-state index in [1.165, 1.54) is 37.1 Å². The number of benzene rings is 1. The summed E-state index contributed by atoms with van der Waals surface area (Å²) < 4.78 is 0. The Bertz CT molecular complexity index is 369. The highest BCUT2D eigenvalue weighted by atomic mass is 15.2. The van der Waals surface area contributed by atoms with Gasteiger partial charge in [0.25, 0.3) is 0 Å². The lowest BCUT2D eigenvalue weighted by atomic mass is 10.0. The first kappa shape index (κ1) is 14.4. The van der Waals surface area contributed by atoms with Crippen LogP contribution in [0.25, 0.3) is 0 Å². The number of nitrogens with zero attached hydrogens (tertiary/aromatic N) is 1. The van der Waals surface area contributed by atoms with Gasteiger partial charge in [-0.2, -0.15) is 0 Å². The van der Waals surface area contributed by atoms with E-state index in [0.717, 1.165) is 13.1 Å². The number of hydrogen-bond acceptors (Lipinski definition) is 2. The van der Waals surface area contributed by atoms with E-state index in [9.17, 15) is 0 Å². The molecule has 1 N–H and O–H groups in total. The SMILES string of the molecule is CCCC1CN(c2ccc(C(C)C)cc2)CCCN1. The van der Waals surface area contributed by atoms with Crippen LogP contribution in [0.1, 0.15) is 51.5 Å². The predicted octanol–water partition coefficient (Wildman–Crippen LogP) is 3.78. The summed E-state index contributed by atoms with van der Waals surface area (Å²) >= 11 is 0. The number of hydrogen-bond donors (Lipinski definition) is 1. The zero-order valence-corrected chi connectivity index (χ0v) is 12.7. The minimum Gasteiger partial charge on any atom is -0.370 e. The van der Waals surface area contributed by atoms with Crippen molar-refractivity contribution in [2.75, 3.05) is 24.5 Å². The highest BCUT2D eigenvalue weighted by Crippen LogP contribution is 2.21. The molecule has 19 heavy (non-hydrogen) atoms. The zero-order valence-electron chi connectivity index (χ0n) is 12.7. The quantitative estimate of drug-likeness (QED) is 0.886. The third kappa shape index (κ3) is 3.97. The Labute approximate surface area is 118 Å². The van der Waals surface area contributed by atoms with E-state index in [1.807, 2.05) is 0 Å². The van der Waals surface area contributed by atoms with Gasteiger partial charge in [0.1, 0.15) is 0 Å². The molecule has 1 unspecified atom stereocenters. The van der Waals surface area contributed by atoms with Crippen LogP contribution in [0.3, 0.4) is 0 Å². The Balaban J connectivity index is 2.06. The standard InChI is InChI=1S/C17H28N2/c1-4-6-16-13-19(12-5-11-18-16)17-9-7-15(8-10-17)14(2)3/h7-10,14,16,18H,4-6,11-13H2,1-3H3. The van der Waals surface area contributed by atoms with Crippen LogP contribution in [0, 0.1) is 0 Å². The second-order valence-electron chi connectivity index (χ2n) is 5.99. The van der Waals surface area contributed by atoms with Crippen LogP contribution >= 0.6 is 0 Å². The molecule has 1 atom stereocenters. The van der Waals surface area contributed by atoms with E-state index < -0.39 is 0 Å². The van der Waals surface area contributed by atoms with Crippen LogP contribution < -0.4 is 10.2 Å². The molecule has 1 saturated heterocycles. The smallest absolute Gasteiger partial charge is 0.0366 e. The molecule has 0 radical (unpaired) electrons. The average Bonchev–Trinajstić information content (AvgIpc) is 2.65. The van der Waals surface area contributed by atoms with Gasteiger partial charge in [0.05, 0.1) is 0 Å². The Morgan fingerprint density at radius 3 is 2.63 bits per heavy atom. The van der Waals surface area contributed by atoms with E-state index in [4.69, 9.17) is 0 Å². The summed E-state index contributed by atoms with van der Waals surface area (Å²) in [4.78, 5) is 2.55. The lowest BCUT2D eigenvalue weighted by molar-refractivity contribution is 0.502. The molecule has 1 aliphatic rings. The Kier molecular flexibility index (Phi) is 5.26. The fourth-order valence-electron chi connectivity index (χ4n) is 2.84. The number of nitrogens with one attached hydrogen (secondary N) is 1. The van der Waals surface area contributed by atoms with E-state index in [2.05, 4.69) is 55.3 Å². The molecule has 0 bridgehead atoms. The minimum absolute atomic E-state index is 0.618. The highest BCUT2D eigenvalue weighted by Gasteiger charge is 2.17.